The molecule has 104 valence electrons. The van der Waals surface area contributed by atoms with Gasteiger partial charge in [-0.3, -0.25) is 4.79 Å². The van der Waals surface area contributed by atoms with Crippen molar-refractivity contribution in [3.63, 3.8) is 0 Å². The first-order valence-corrected chi connectivity index (χ1v) is 6.34. The Morgan fingerprint density at radius 1 is 1.58 bits per heavy atom. The number of hydrogen-bond donors (Lipinski definition) is 1. The Balaban J connectivity index is 2.36. The summed E-state index contributed by atoms with van der Waals surface area (Å²) in [6.45, 7) is 6.36. The van der Waals surface area contributed by atoms with E-state index in [1.807, 2.05) is 0 Å². The number of hydrogen-bond acceptors (Lipinski definition) is 4. The molecule has 6 heteroatoms. The largest absolute Gasteiger partial charge is 0.466 e. The fourth-order valence-electron chi connectivity index (χ4n) is 2.42. The van der Waals surface area contributed by atoms with Crippen LogP contribution in [0.2, 0.25) is 0 Å². The molecule has 0 aromatic heterocycles. The number of aliphatic imine (C=N–C) groups is 1. The Hall–Kier alpha value is -1.69. The van der Waals surface area contributed by atoms with Gasteiger partial charge in [-0.05, 0) is 45.6 Å². The van der Waals surface area contributed by atoms with Crippen molar-refractivity contribution in [1.82, 2.24) is 10.2 Å². The molecule has 2 rings (SSSR count). The van der Waals surface area contributed by atoms with Gasteiger partial charge in [0, 0.05) is 6.04 Å². The number of carbonyl (C=O) groups excluding carboxylic acids is 1. The Bertz CT molecular complexity index is 435. The maximum Gasteiger partial charge on any atom is 0.265 e. The van der Waals surface area contributed by atoms with Gasteiger partial charge in [0.25, 0.3) is 5.91 Å². The van der Waals surface area contributed by atoms with E-state index in [2.05, 4.69) is 17.0 Å². The summed E-state index contributed by atoms with van der Waals surface area (Å²) in [5, 5.41) is 3.24. The van der Waals surface area contributed by atoms with Crippen LogP contribution in [-0.2, 0) is 9.53 Å². The van der Waals surface area contributed by atoms with Gasteiger partial charge in [-0.25, -0.2) is 9.38 Å². The van der Waals surface area contributed by atoms with E-state index in [1.165, 1.54) is 13.0 Å². The first-order chi connectivity index (χ1) is 9.13. The van der Waals surface area contributed by atoms with E-state index in [1.54, 1.807) is 4.90 Å². The molecule has 5 nitrogen and oxygen atoms in total. The molecule has 19 heavy (non-hydrogen) atoms. The van der Waals surface area contributed by atoms with Gasteiger partial charge in [0.2, 0.25) is 5.88 Å². The van der Waals surface area contributed by atoms with Crippen molar-refractivity contribution < 1.29 is 13.9 Å². The van der Waals surface area contributed by atoms with Crippen LogP contribution in [0.1, 0.15) is 19.8 Å². The molecule has 0 aromatic rings. The number of allylic oxidation sites excluding steroid dienone is 2. The maximum atomic E-state index is 13.2. The third-order valence-electron chi connectivity index (χ3n) is 3.23. The smallest absolute Gasteiger partial charge is 0.265 e. The van der Waals surface area contributed by atoms with E-state index in [0.717, 1.165) is 25.9 Å². The molecule has 2 aliphatic rings. The molecule has 0 bridgehead atoms. The monoisotopic (exact) mass is 267 g/mol. The maximum absolute atomic E-state index is 13.2. The normalized spacial score (nSPS) is 22.5. The second-order valence-corrected chi connectivity index (χ2v) is 4.61. The number of piperidine rings is 1. The fraction of sp³-hybridized carbons (Fsp3) is 0.538. The minimum absolute atomic E-state index is 0.0556. The van der Waals surface area contributed by atoms with Crippen molar-refractivity contribution in [2.75, 3.05) is 19.7 Å². The molecule has 1 saturated heterocycles. The van der Waals surface area contributed by atoms with Gasteiger partial charge in [0.15, 0.2) is 6.61 Å². The van der Waals surface area contributed by atoms with E-state index in [0.29, 0.717) is 5.70 Å². The number of ether oxygens (including phenoxy) is 1. The van der Waals surface area contributed by atoms with Crippen molar-refractivity contribution in [2.24, 2.45) is 4.99 Å². The van der Waals surface area contributed by atoms with Crippen LogP contribution in [0.4, 0.5) is 4.39 Å². The lowest BCUT2D eigenvalue weighted by Crippen LogP contribution is -2.48. The highest BCUT2D eigenvalue weighted by molar-refractivity contribution is 5.81. The van der Waals surface area contributed by atoms with Crippen molar-refractivity contribution in [1.29, 1.82) is 0 Å². The lowest BCUT2D eigenvalue weighted by molar-refractivity contribution is -0.137. The van der Waals surface area contributed by atoms with E-state index >= 15 is 0 Å². The molecule has 0 aromatic carbocycles. The molecule has 0 unspecified atom stereocenters. The van der Waals surface area contributed by atoms with E-state index in [9.17, 15) is 9.18 Å². The van der Waals surface area contributed by atoms with Crippen LogP contribution in [0.15, 0.2) is 28.5 Å². The predicted octanol–water partition coefficient (Wildman–Crippen LogP) is 1.34. The number of carbonyl (C=O) groups is 1. The standard InChI is InChI=1S/C13H18FN3O2/c1-9(14)7-11-13(15-2)19-8-12(18)17(11)10-3-5-16-6-4-10/h7,10,16H,2-6,8H2,1H3/b9-7+. The molecule has 0 atom stereocenters. The van der Waals surface area contributed by atoms with Crippen LogP contribution in [0.25, 0.3) is 0 Å². The molecule has 1 amide bonds. The molecule has 1 fully saturated rings. The Morgan fingerprint density at radius 3 is 2.84 bits per heavy atom. The summed E-state index contributed by atoms with van der Waals surface area (Å²) in [4.78, 5) is 17.4. The van der Waals surface area contributed by atoms with Crippen molar-refractivity contribution >= 4 is 12.6 Å². The Morgan fingerprint density at radius 2 is 2.26 bits per heavy atom. The summed E-state index contributed by atoms with van der Waals surface area (Å²) in [6.07, 6.45) is 2.95. The number of nitrogens with one attached hydrogen (secondary N) is 1. The Labute approximate surface area is 111 Å². The number of halogens is 1. The molecule has 0 aliphatic carbocycles. The number of amides is 1. The lowest BCUT2D eigenvalue weighted by atomic mass is 10.0. The van der Waals surface area contributed by atoms with Crippen LogP contribution >= 0.6 is 0 Å². The van der Waals surface area contributed by atoms with Crippen LogP contribution in [0, 0.1) is 0 Å². The van der Waals surface area contributed by atoms with Gasteiger partial charge in [0.1, 0.15) is 5.70 Å². The summed E-state index contributed by atoms with van der Waals surface area (Å²) in [5.41, 5.74) is 0.373. The molecule has 0 saturated carbocycles. The minimum Gasteiger partial charge on any atom is -0.466 e. The summed E-state index contributed by atoms with van der Waals surface area (Å²) in [7, 11) is 0. The molecule has 2 heterocycles. The average molecular weight is 267 g/mol. The van der Waals surface area contributed by atoms with Crippen LogP contribution in [-0.4, -0.2) is 43.3 Å². The zero-order valence-electron chi connectivity index (χ0n) is 11.0. The third kappa shape index (κ3) is 3.01. The highest BCUT2D eigenvalue weighted by Crippen LogP contribution is 2.27. The lowest BCUT2D eigenvalue weighted by Gasteiger charge is -2.37. The average Bonchev–Trinajstić information content (AvgIpc) is 2.39. The van der Waals surface area contributed by atoms with Gasteiger partial charge < -0.3 is 15.0 Å². The summed E-state index contributed by atoms with van der Waals surface area (Å²) >= 11 is 0. The highest BCUT2D eigenvalue weighted by Gasteiger charge is 2.33. The van der Waals surface area contributed by atoms with E-state index in [-0.39, 0.29) is 24.4 Å². The van der Waals surface area contributed by atoms with Gasteiger partial charge in [-0.2, -0.15) is 0 Å². The van der Waals surface area contributed by atoms with Crippen LogP contribution in [0.3, 0.4) is 0 Å². The number of rotatable bonds is 3. The molecule has 1 N–H and O–H groups in total. The first kappa shape index (κ1) is 13.7. The van der Waals surface area contributed by atoms with Gasteiger partial charge in [-0.1, -0.05) is 0 Å². The van der Waals surface area contributed by atoms with Crippen LogP contribution < -0.4 is 5.32 Å². The van der Waals surface area contributed by atoms with Gasteiger partial charge >= 0.3 is 0 Å². The van der Waals surface area contributed by atoms with Crippen LogP contribution in [0.5, 0.6) is 0 Å². The quantitative estimate of drug-likeness (QED) is 0.785. The van der Waals surface area contributed by atoms with Gasteiger partial charge in [-0.15, -0.1) is 0 Å². The third-order valence-corrected chi connectivity index (χ3v) is 3.23. The number of nitrogens with zero attached hydrogens (tertiary/aromatic N) is 2. The zero-order valence-corrected chi connectivity index (χ0v) is 11.0. The van der Waals surface area contributed by atoms with E-state index < -0.39 is 5.83 Å². The van der Waals surface area contributed by atoms with Gasteiger partial charge in [0.05, 0.1) is 5.83 Å². The molecular formula is C13H18FN3O2. The topological polar surface area (TPSA) is 53.9 Å². The molecule has 0 radical (unpaired) electrons. The highest BCUT2D eigenvalue weighted by atomic mass is 19.1. The van der Waals surface area contributed by atoms with Crippen molar-refractivity contribution in [3.8, 4) is 0 Å². The SMILES string of the molecule is C=NC1=C(/C=C(\C)F)N(C2CCNCC2)C(=O)CO1. The minimum atomic E-state index is -0.395. The predicted molar refractivity (Wildman–Crippen MR) is 70.1 cm³/mol. The summed E-state index contributed by atoms with van der Waals surface area (Å²) in [6, 6.07) is 0.0556. The zero-order chi connectivity index (χ0) is 13.8. The van der Waals surface area contributed by atoms with Crippen molar-refractivity contribution in [2.45, 2.75) is 25.8 Å². The Kier molecular flexibility index (Phi) is 4.31. The fourth-order valence-corrected chi connectivity index (χ4v) is 2.42. The molecular weight excluding hydrogens is 249 g/mol. The first-order valence-electron chi connectivity index (χ1n) is 6.34. The van der Waals surface area contributed by atoms with Crippen molar-refractivity contribution in [3.05, 3.63) is 23.5 Å². The second kappa shape index (κ2) is 5.97. The second-order valence-electron chi connectivity index (χ2n) is 4.61. The van der Waals surface area contributed by atoms with E-state index in [4.69, 9.17) is 4.74 Å². The summed E-state index contributed by atoms with van der Waals surface area (Å²) < 4.78 is 18.4. The molecule has 0 spiro atoms. The summed E-state index contributed by atoms with van der Waals surface area (Å²) in [5.74, 6) is -0.338. The molecule has 2 aliphatic heterocycles.